The quantitative estimate of drug-likeness (QED) is 0.787. The Morgan fingerprint density at radius 1 is 1.47 bits per heavy atom. The van der Waals surface area contributed by atoms with Crippen LogP contribution in [0.4, 0.5) is 0 Å². The molecule has 0 fully saturated rings. The second-order valence-electron chi connectivity index (χ2n) is 3.80. The highest BCUT2D eigenvalue weighted by molar-refractivity contribution is 7.17. The summed E-state index contributed by atoms with van der Waals surface area (Å²) >= 11 is 1.54. The Morgan fingerprint density at radius 3 is 2.88 bits per heavy atom. The molecular weight excluding hydrogens is 238 g/mol. The predicted molar refractivity (Wildman–Crippen MR) is 66.7 cm³/mol. The van der Waals surface area contributed by atoms with Crippen molar-refractivity contribution in [1.29, 1.82) is 0 Å². The third-order valence-electron chi connectivity index (χ3n) is 2.13. The molecule has 4 nitrogen and oxygen atoms in total. The van der Waals surface area contributed by atoms with Gasteiger partial charge in [-0.2, -0.15) is 0 Å². The fourth-order valence-electron chi connectivity index (χ4n) is 1.48. The molecule has 90 valence electrons. The van der Waals surface area contributed by atoms with Gasteiger partial charge in [-0.05, 0) is 25.3 Å². The third kappa shape index (κ3) is 2.39. The molecular formula is C12H13NO3S. The Balaban J connectivity index is 2.54. The molecule has 0 saturated carbocycles. The first-order valence-corrected chi connectivity index (χ1v) is 6.13. The second-order valence-corrected chi connectivity index (χ2v) is 4.71. The first kappa shape index (κ1) is 11.9. The van der Waals surface area contributed by atoms with Crippen LogP contribution >= 0.6 is 11.3 Å². The van der Waals surface area contributed by atoms with Crippen LogP contribution in [0, 0.1) is 0 Å². The lowest BCUT2D eigenvalue weighted by molar-refractivity contribution is 0.0593. The van der Waals surface area contributed by atoms with E-state index in [1.165, 1.54) is 7.11 Å². The van der Waals surface area contributed by atoms with Crippen molar-refractivity contribution in [3.8, 4) is 5.75 Å². The van der Waals surface area contributed by atoms with Gasteiger partial charge < -0.3 is 9.47 Å². The summed E-state index contributed by atoms with van der Waals surface area (Å²) in [6.45, 7) is 3.88. The molecule has 0 spiro atoms. The summed E-state index contributed by atoms with van der Waals surface area (Å²) in [5.74, 6) is 0.229. The van der Waals surface area contributed by atoms with Crippen LogP contribution in [0.25, 0.3) is 10.2 Å². The van der Waals surface area contributed by atoms with E-state index in [-0.39, 0.29) is 11.8 Å². The van der Waals surface area contributed by atoms with Crippen LogP contribution in [-0.4, -0.2) is 24.2 Å². The maximum absolute atomic E-state index is 11.5. The number of ether oxygens (including phenoxy) is 2. The van der Waals surface area contributed by atoms with Gasteiger partial charge in [0.15, 0.2) is 5.69 Å². The monoisotopic (exact) mass is 251 g/mol. The van der Waals surface area contributed by atoms with Gasteiger partial charge in [0.2, 0.25) is 0 Å². The van der Waals surface area contributed by atoms with Gasteiger partial charge in [-0.1, -0.05) is 0 Å². The molecule has 0 radical (unpaired) electrons. The molecule has 5 heteroatoms. The summed E-state index contributed by atoms with van der Waals surface area (Å²) in [6.07, 6.45) is 0.0493. The standard InChI is InChI=1S/C12H13NO3S/c1-7(2)16-10-6-9(12(14)15-3)13-8-4-5-17-11(8)10/h4-7H,1-3H3. The SMILES string of the molecule is COC(=O)c1cc(OC(C)C)c2sccc2n1. The minimum Gasteiger partial charge on any atom is -0.489 e. The molecule has 0 unspecified atom stereocenters. The molecule has 2 heterocycles. The van der Waals surface area contributed by atoms with Gasteiger partial charge in [-0.3, -0.25) is 0 Å². The first-order valence-electron chi connectivity index (χ1n) is 5.25. The molecule has 0 atom stereocenters. The van der Waals surface area contributed by atoms with E-state index in [0.29, 0.717) is 5.75 Å². The Labute approximate surface area is 103 Å². The number of pyridine rings is 1. The van der Waals surface area contributed by atoms with Crippen molar-refractivity contribution in [2.75, 3.05) is 7.11 Å². The molecule has 2 aromatic rings. The highest BCUT2D eigenvalue weighted by Gasteiger charge is 2.14. The van der Waals surface area contributed by atoms with E-state index in [2.05, 4.69) is 9.72 Å². The Kier molecular flexibility index (Phi) is 3.28. The zero-order valence-electron chi connectivity index (χ0n) is 9.89. The summed E-state index contributed by atoms with van der Waals surface area (Å²) in [4.78, 5) is 15.7. The van der Waals surface area contributed by atoms with Crippen LogP contribution in [0.1, 0.15) is 24.3 Å². The fraction of sp³-hybridized carbons (Fsp3) is 0.333. The summed E-state index contributed by atoms with van der Waals surface area (Å²) in [6, 6.07) is 3.49. The Morgan fingerprint density at radius 2 is 2.24 bits per heavy atom. The zero-order valence-corrected chi connectivity index (χ0v) is 10.7. The van der Waals surface area contributed by atoms with E-state index < -0.39 is 5.97 Å². The summed E-state index contributed by atoms with van der Waals surface area (Å²) < 4.78 is 11.3. The maximum atomic E-state index is 11.5. The van der Waals surface area contributed by atoms with Gasteiger partial charge in [-0.25, -0.2) is 9.78 Å². The fourth-order valence-corrected chi connectivity index (χ4v) is 2.27. The number of hydrogen-bond donors (Lipinski definition) is 0. The summed E-state index contributed by atoms with van der Waals surface area (Å²) in [7, 11) is 1.34. The lowest BCUT2D eigenvalue weighted by atomic mass is 10.3. The largest absolute Gasteiger partial charge is 0.489 e. The molecule has 0 aliphatic carbocycles. The Hall–Kier alpha value is -1.62. The molecule has 0 bridgehead atoms. The van der Waals surface area contributed by atoms with Crippen molar-refractivity contribution in [1.82, 2.24) is 4.98 Å². The Bertz CT molecular complexity index is 548. The number of thiophene rings is 1. The average Bonchev–Trinajstić information content (AvgIpc) is 2.75. The van der Waals surface area contributed by atoms with E-state index in [1.807, 2.05) is 25.3 Å². The van der Waals surface area contributed by atoms with Crippen LogP contribution in [0.15, 0.2) is 17.5 Å². The zero-order chi connectivity index (χ0) is 12.4. The number of methoxy groups -OCH3 is 1. The molecule has 2 aromatic heterocycles. The van der Waals surface area contributed by atoms with Crippen molar-refractivity contribution < 1.29 is 14.3 Å². The molecule has 2 rings (SSSR count). The van der Waals surface area contributed by atoms with Gasteiger partial charge >= 0.3 is 5.97 Å². The van der Waals surface area contributed by atoms with Crippen LogP contribution in [0.5, 0.6) is 5.75 Å². The molecule has 17 heavy (non-hydrogen) atoms. The van der Waals surface area contributed by atoms with E-state index in [0.717, 1.165) is 10.2 Å². The highest BCUT2D eigenvalue weighted by atomic mass is 32.1. The van der Waals surface area contributed by atoms with Crippen LogP contribution < -0.4 is 4.74 Å². The number of fused-ring (bicyclic) bond motifs is 1. The number of rotatable bonds is 3. The molecule has 0 aliphatic heterocycles. The molecule has 0 N–H and O–H groups in total. The summed E-state index contributed by atoms with van der Waals surface area (Å²) in [5.41, 5.74) is 1.03. The molecule has 0 aliphatic rings. The van der Waals surface area contributed by atoms with E-state index in [1.54, 1.807) is 17.4 Å². The van der Waals surface area contributed by atoms with Crippen molar-refractivity contribution in [2.45, 2.75) is 20.0 Å². The molecule has 0 saturated heterocycles. The van der Waals surface area contributed by atoms with Gasteiger partial charge in [0.05, 0.1) is 23.4 Å². The molecule has 0 aromatic carbocycles. The van der Waals surface area contributed by atoms with Crippen molar-refractivity contribution in [3.05, 3.63) is 23.2 Å². The number of aromatic nitrogens is 1. The van der Waals surface area contributed by atoms with E-state index >= 15 is 0 Å². The summed E-state index contributed by atoms with van der Waals surface area (Å²) in [5, 5.41) is 1.92. The predicted octanol–water partition coefficient (Wildman–Crippen LogP) is 2.87. The minimum absolute atomic E-state index is 0.0493. The lowest BCUT2D eigenvalue weighted by Gasteiger charge is -2.11. The van der Waals surface area contributed by atoms with Crippen LogP contribution in [0.3, 0.4) is 0 Å². The lowest BCUT2D eigenvalue weighted by Crippen LogP contribution is -2.09. The number of nitrogens with zero attached hydrogens (tertiary/aromatic N) is 1. The van der Waals surface area contributed by atoms with E-state index in [9.17, 15) is 4.79 Å². The second kappa shape index (κ2) is 4.71. The number of esters is 1. The van der Waals surface area contributed by atoms with Gasteiger partial charge in [0.25, 0.3) is 0 Å². The average molecular weight is 251 g/mol. The maximum Gasteiger partial charge on any atom is 0.356 e. The first-order chi connectivity index (χ1) is 8.11. The number of hydrogen-bond acceptors (Lipinski definition) is 5. The highest BCUT2D eigenvalue weighted by Crippen LogP contribution is 2.31. The number of carbonyl (C=O) groups is 1. The van der Waals surface area contributed by atoms with Crippen molar-refractivity contribution in [3.63, 3.8) is 0 Å². The normalized spacial score (nSPS) is 10.8. The topological polar surface area (TPSA) is 48.4 Å². The van der Waals surface area contributed by atoms with Crippen molar-refractivity contribution in [2.24, 2.45) is 0 Å². The number of carbonyl (C=O) groups excluding carboxylic acids is 1. The van der Waals surface area contributed by atoms with E-state index in [4.69, 9.17) is 4.74 Å². The van der Waals surface area contributed by atoms with Gasteiger partial charge in [-0.15, -0.1) is 11.3 Å². The van der Waals surface area contributed by atoms with Crippen LogP contribution in [-0.2, 0) is 4.74 Å². The van der Waals surface area contributed by atoms with Gasteiger partial charge in [0, 0.05) is 6.07 Å². The van der Waals surface area contributed by atoms with Crippen LogP contribution in [0.2, 0.25) is 0 Å². The smallest absolute Gasteiger partial charge is 0.356 e. The van der Waals surface area contributed by atoms with Gasteiger partial charge in [0.1, 0.15) is 5.75 Å². The van der Waals surface area contributed by atoms with Crippen molar-refractivity contribution >= 4 is 27.5 Å². The molecule has 0 amide bonds. The third-order valence-corrected chi connectivity index (χ3v) is 3.05. The minimum atomic E-state index is -0.452.